The summed E-state index contributed by atoms with van der Waals surface area (Å²) in [5, 5.41) is 14.7. The molecule has 9 nitrogen and oxygen atoms in total. The Balaban J connectivity index is 1.39. The van der Waals surface area contributed by atoms with E-state index in [-0.39, 0.29) is 59.7 Å². The standard InChI is InChI=1S/C33H55F2N7O2S/c1-6-26(43)40-14-15-41(20(5)19(40)4)31-21-17-23(35)29-27-22(34)9-7-10-24(27)36-12-8-16-45-25-11-13-37-28(18(2)3)30(25)42(32(21)38-29)33(44)39-31/h6,18-25,27-32,36-38H,1,7-17H2,2-5H3,(H,39,44)/t19-,20+,21?,22?,23?,24?,25?,27?,28?,29?,30?,31?,32?/m1/s1. The van der Waals surface area contributed by atoms with Crippen LogP contribution in [0, 0.1) is 17.8 Å². The van der Waals surface area contributed by atoms with Crippen molar-refractivity contribution in [2.45, 2.75) is 132 Å². The number of fused-ring (bicyclic) bond motifs is 5. The van der Waals surface area contributed by atoms with E-state index < -0.39 is 36.6 Å². The van der Waals surface area contributed by atoms with Gasteiger partial charge in [-0.05, 0) is 83.2 Å². The molecular formula is C33H55F2N7O2S. The van der Waals surface area contributed by atoms with Crippen LogP contribution in [0.4, 0.5) is 13.6 Å². The van der Waals surface area contributed by atoms with Crippen molar-refractivity contribution in [3.63, 3.8) is 0 Å². The Morgan fingerprint density at radius 2 is 1.82 bits per heavy atom. The number of piperidine rings is 2. The number of piperazine rings is 1. The highest BCUT2D eigenvalue weighted by Gasteiger charge is 2.57. The highest BCUT2D eigenvalue weighted by atomic mass is 32.2. The number of carbonyl (C=O) groups excluding carboxylic acids is 2. The average molecular weight is 652 g/mol. The van der Waals surface area contributed by atoms with Gasteiger partial charge in [0.1, 0.15) is 12.3 Å². The number of halogens is 2. The quantitative estimate of drug-likeness (QED) is 0.349. The third-order valence-corrected chi connectivity index (χ3v) is 13.4. The number of nitrogens with one attached hydrogen (secondary N) is 4. The van der Waals surface area contributed by atoms with Crippen LogP contribution in [0.1, 0.15) is 66.2 Å². The van der Waals surface area contributed by atoms with E-state index >= 15 is 8.78 Å². The van der Waals surface area contributed by atoms with Crippen molar-refractivity contribution in [1.29, 1.82) is 0 Å². The van der Waals surface area contributed by atoms with E-state index in [2.05, 4.69) is 53.5 Å². The second-order valence-electron chi connectivity index (χ2n) is 14.7. The third-order valence-electron chi connectivity index (χ3n) is 11.9. The van der Waals surface area contributed by atoms with Crippen molar-refractivity contribution in [3.05, 3.63) is 12.7 Å². The molecule has 4 N–H and O–H groups in total. The van der Waals surface area contributed by atoms with Crippen LogP contribution in [0.5, 0.6) is 0 Å². The van der Waals surface area contributed by atoms with E-state index in [0.717, 1.165) is 44.5 Å². The first-order chi connectivity index (χ1) is 21.6. The summed E-state index contributed by atoms with van der Waals surface area (Å²) in [6.07, 6.45) is 2.46. The molecule has 0 aromatic carbocycles. The SMILES string of the molecule is C=CC(=O)N1CCN(C2NC(=O)N3C4NC(C(F)CC42)C2C(F)CCCC2NCCCSC2CCNC(C(C)C)C23)[C@@H](C)[C@H]1C. The molecule has 12 heteroatoms. The molecule has 5 saturated heterocycles. The summed E-state index contributed by atoms with van der Waals surface area (Å²) in [5.41, 5.74) is 0. The predicted octanol–water partition coefficient (Wildman–Crippen LogP) is 3.08. The van der Waals surface area contributed by atoms with Crippen LogP contribution < -0.4 is 21.3 Å². The number of hydrogen-bond donors (Lipinski definition) is 4. The van der Waals surface area contributed by atoms with Gasteiger partial charge in [0.25, 0.3) is 0 Å². The van der Waals surface area contributed by atoms with Gasteiger partial charge in [0.05, 0.1) is 18.4 Å². The molecule has 6 aliphatic rings. The topological polar surface area (TPSA) is 92.0 Å². The molecule has 45 heavy (non-hydrogen) atoms. The summed E-state index contributed by atoms with van der Waals surface area (Å²) in [4.78, 5) is 33.3. The zero-order valence-electron chi connectivity index (χ0n) is 27.5. The predicted molar refractivity (Wildman–Crippen MR) is 175 cm³/mol. The van der Waals surface area contributed by atoms with Crippen LogP contribution in [-0.4, -0.2) is 125 Å². The first-order valence-electron chi connectivity index (χ1n) is 17.5. The van der Waals surface area contributed by atoms with Crippen LogP contribution in [0.3, 0.4) is 0 Å². The number of amides is 3. The Kier molecular flexibility index (Phi) is 10.4. The molecule has 254 valence electrons. The van der Waals surface area contributed by atoms with E-state index in [1.54, 1.807) is 0 Å². The van der Waals surface area contributed by atoms with Crippen LogP contribution in [0.2, 0.25) is 0 Å². The number of alkyl halides is 2. The summed E-state index contributed by atoms with van der Waals surface area (Å²) in [6.45, 7) is 15.0. The number of carbonyl (C=O) groups is 2. The minimum Gasteiger partial charge on any atom is -0.334 e. The fraction of sp³-hybridized carbons (Fsp3) is 0.879. The Morgan fingerprint density at radius 1 is 1.02 bits per heavy atom. The number of nitrogens with zero attached hydrogens (tertiary/aromatic N) is 3. The molecule has 6 rings (SSSR count). The van der Waals surface area contributed by atoms with Gasteiger partial charge in [-0.1, -0.05) is 20.4 Å². The fourth-order valence-electron chi connectivity index (χ4n) is 9.53. The van der Waals surface area contributed by atoms with Crippen LogP contribution >= 0.6 is 11.8 Å². The molecule has 0 radical (unpaired) electrons. The molecule has 5 heterocycles. The van der Waals surface area contributed by atoms with Gasteiger partial charge in [0.15, 0.2) is 0 Å². The number of rotatable bonds is 3. The first kappa shape index (κ1) is 33.4. The van der Waals surface area contributed by atoms with Crippen molar-refractivity contribution < 1.29 is 18.4 Å². The smallest absolute Gasteiger partial charge is 0.320 e. The highest BCUT2D eigenvalue weighted by molar-refractivity contribution is 7.99. The van der Waals surface area contributed by atoms with Gasteiger partial charge < -0.3 is 25.8 Å². The molecule has 13 atom stereocenters. The molecule has 11 unspecified atom stereocenters. The average Bonchev–Trinajstić information content (AvgIpc) is 3.02. The monoisotopic (exact) mass is 651 g/mol. The lowest BCUT2D eigenvalue weighted by Crippen LogP contribution is -2.80. The summed E-state index contributed by atoms with van der Waals surface area (Å²) in [6, 6.07) is -1.05. The largest absolute Gasteiger partial charge is 0.334 e. The third kappa shape index (κ3) is 6.27. The van der Waals surface area contributed by atoms with Crippen LogP contribution in [0.25, 0.3) is 0 Å². The van der Waals surface area contributed by atoms with Gasteiger partial charge in [0, 0.05) is 60.4 Å². The van der Waals surface area contributed by atoms with Crippen molar-refractivity contribution in [2.75, 3.05) is 31.9 Å². The summed E-state index contributed by atoms with van der Waals surface area (Å²) >= 11 is 1.96. The zero-order chi connectivity index (χ0) is 32.0. The van der Waals surface area contributed by atoms with Crippen molar-refractivity contribution in [2.24, 2.45) is 17.8 Å². The molecule has 1 saturated carbocycles. The van der Waals surface area contributed by atoms with Gasteiger partial charge in [-0.3, -0.25) is 15.0 Å². The molecule has 0 spiro atoms. The molecular weight excluding hydrogens is 596 g/mol. The van der Waals surface area contributed by atoms with E-state index in [1.807, 2.05) is 28.5 Å². The second kappa shape index (κ2) is 13.9. The molecule has 2 bridgehead atoms. The Bertz CT molecular complexity index is 1090. The van der Waals surface area contributed by atoms with Crippen LogP contribution in [-0.2, 0) is 4.79 Å². The minimum atomic E-state index is -1.24. The van der Waals surface area contributed by atoms with E-state index in [1.165, 1.54) is 6.08 Å². The van der Waals surface area contributed by atoms with E-state index in [0.29, 0.717) is 25.4 Å². The number of hydrogen-bond acceptors (Lipinski definition) is 7. The Hall–Kier alpha value is -1.47. The number of urea groups is 1. The maximum atomic E-state index is 16.7. The molecule has 6 fully saturated rings. The molecule has 0 aromatic heterocycles. The molecule has 5 aliphatic heterocycles. The maximum Gasteiger partial charge on any atom is 0.320 e. The van der Waals surface area contributed by atoms with Crippen molar-refractivity contribution in [3.8, 4) is 0 Å². The van der Waals surface area contributed by atoms with Gasteiger partial charge in [0.2, 0.25) is 5.91 Å². The summed E-state index contributed by atoms with van der Waals surface area (Å²) in [7, 11) is 0. The summed E-state index contributed by atoms with van der Waals surface area (Å²) < 4.78 is 32.6. The van der Waals surface area contributed by atoms with Crippen LogP contribution in [0.15, 0.2) is 12.7 Å². The van der Waals surface area contributed by atoms with Gasteiger partial charge in [-0.25, -0.2) is 13.6 Å². The van der Waals surface area contributed by atoms with E-state index in [4.69, 9.17) is 0 Å². The Labute approximate surface area is 272 Å². The lowest BCUT2D eigenvalue weighted by atomic mass is 9.72. The van der Waals surface area contributed by atoms with Gasteiger partial charge in [-0.2, -0.15) is 11.8 Å². The molecule has 0 aromatic rings. The summed E-state index contributed by atoms with van der Waals surface area (Å²) in [5.74, 6) is 0.430. The first-order valence-corrected chi connectivity index (χ1v) is 18.6. The van der Waals surface area contributed by atoms with Gasteiger partial charge >= 0.3 is 6.03 Å². The zero-order valence-corrected chi connectivity index (χ0v) is 28.3. The fourth-order valence-corrected chi connectivity index (χ4v) is 10.9. The second-order valence-corrected chi connectivity index (χ2v) is 16.0. The van der Waals surface area contributed by atoms with E-state index in [9.17, 15) is 9.59 Å². The Morgan fingerprint density at radius 3 is 2.58 bits per heavy atom. The van der Waals surface area contributed by atoms with Crippen molar-refractivity contribution in [1.82, 2.24) is 36.0 Å². The lowest BCUT2D eigenvalue weighted by molar-refractivity contribution is -0.136. The highest BCUT2D eigenvalue weighted by Crippen LogP contribution is 2.43. The normalized spacial score (nSPS) is 44.9. The molecule has 3 amide bonds. The molecule has 1 aliphatic carbocycles. The minimum absolute atomic E-state index is 0.0600. The van der Waals surface area contributed by atoms with Crippen molar-refractivity contribution >= 4 is 23.7 Å². The maximum absolute atomic E-state index is 16.7. The lowest BCUT2D eigenvalue weighted by Gasteiger charge is -2.60. The van der Waals surface area contributed by atoms with Gasteiger partial charge in [-0.15, -0.1) is 0 Å². The number of thioether (sulfide) groups is 1.